The van der Waals surface area contributed by atoms with Crippen LogP contribution in [0.2, 0.25) is 0 Å². The molecule has 1 aromatic carbocycles. The number of urea groups is 1. The third kappa shape index (κ3) is 4.29. The van der Waals surface area contributed by atoms with E-state index in [1.165, 1.54) is 6.07 Å². The number of hydrogen-bond acceptors (Lipinski definition) is 2. The normalized spacial score (nSPS) is 12.0. The molecule has 100 valence electrons. The molecule has 1 rings (SSSR count). The summed E-state index contributed by atoms with van der Waals surface area (Å²) in [7, 11) is 0. The summed E-state index contributed by atoms with van der Waals surface area (Å²) in [6.07, 6.45) is 0.465. The van der Waals surface area contributed by atoms with Crippen molar-refractivity contribution in [3.63, 3.8) is 0 Å². The molecule has 0 fully saturated rings. The van der Waals surface area contributed by atoms with E-state index in [0.29, 0.717) is 18.5 Å². The molecule has 6 heteroatoms. The van der Waals surface area contributed by atoms with Gasteiger partial charge in [-0.2, -0.15) is 0 Å². The molecular formula is C12H16F2N2O2. The Bertz CT molecular complexity index is 413. The first-order valence-corrected chi connectivity index (χ1v) is 5.64. The van der Waals surface area contributed by atoms with Crippen LogP contribution in [0.15, 0.2) is 18.2 Å². The Labute approximate surface area is 104 Å². The van der Waals surface area contributed by atoms with Crippen molar-refractivity contribution in [3.05, 3.63) is 35.4 Å². The van der Waals surface area contributed by atoms with Crippen LogP contribution in [-0.2, 0) is 0 Å². The fourth-order valence-electron chi connectivity index (χ4n) is 1.39. The summed E-state index contributed by atoms with van der Waals surface area (Å²) >= 11 is 0. The molecule has 0 aliphatic rings. The van der Waals surface area contributed by atoms with Crippen molar-refractivity contribution >= 4 is 6.03 Å². The van der Waals surface area contributed by atoms with E-state index in [2.05, 4.69) is 10.6 Å². The predicted molar refractivity (Wildman–Crippen MR) is 63.0 cm³/mol. The van der Waals surface area contributed by atoms with Gasteiger partial charge in [0.1, 0.15) is 0 Å². The van der Waals surface area contributed by atoms with Crippen molar-refractivity contribution in [2.24, 2.45) is 0 Å². The van der Waals surface area contributed by atoms with Crippen molar-refractivity contribution < 1.29 is 18.7 Å². The van der Waals surface area contributed by atoms with E-state index in [1.807, 2.05) is 0 Å². The molecule has 18 heavy (non-hydrogen) atoms. The molecule has 1 atom stereocenters. The van der Waals surface area contributed by atoms with Crippen molar-refractivity contribution in [1.82, 2.24) is 10.6 Å². The van der Waals surface area contributed by atoms with Crippen LogP contribution in [-0.4, -0.2) is 24.3 Å². The van der Waals surface area contributed by atoms with Crippen LogP contribution in [0.25, 0.3) is 0 Å². The van der Waals surface area contributed by atoms with E-state index < -0.39 is 23.7 Å². The van der Waals surface area contributed by atoms with Crippen LogP contribution < -0.4 is 10.6 Å². The summed E-state index contributed by atoms with van der Waals surface area (Å²) in [4.78, 5) is 11.4. The lowest BCUT2D eigenvalue weighted by atomic mass is 10.1. The fraction of sp³-hybridized carbons (Fsp3) is 0.417. The van der Waals surface area contributed by atoms with Gasteiger partial charge >= 0.3 is 6.03 Å². The third-order valence-electron chi connectivity index (χ3n) is 2.41. The highest BCUT2D eigenvalue weighted by atomic mass is 19.2. The van der Waals surface area contributed by atoms with Crippen LogP contribution in [0.5, 0.6) is 0 Å². The van der Waals surface area contributed by atoms with E-state index in [0.717, 1.165) is 12.1 Å². The highest BCUT2D eigenvalue weighted by Crippen LogP contribution is 2.15. The molecule has 1 unspecified atom stereocenters. The van der Waals surface area contributed by atoms with Crippen molar-refractivity contribution in [2.45, 2.75) is 19.4 Å². The molecule has 4 nitrogen and oxygen atoms in total. The summed E-state index contributed by atoms with van der Waals surface area (Å²) < 4.78 is 25.7. The highest BCUT2D eigenvalue weighted by molar-refractivity contribution is 5.74. The van der Waals surface area contributed by atoms with Gasteiger partial charge < -0.3 is 15.7 Å². The number of carbonyl (C=O) groups excluding carboxylic acids is 1. The summed E-state index contributed by atoms with van der Waals surface area (Å²) in [6, 6.07) is 2.63. The second kappa shape index (κ2) is 6.90. The smallest absolute Gasteiger partial charge is 0.315 e. The van der Waals surface area contributed by atoms with Gasteiger partial charge in [-0.1, -0.05) is 6.07 Å². The molecule has 0 aliphatic carbocycles. The average molecular weight is 258 g/mol. The molecule has 3 N–H and O–H groups in total. The largest absolute Gasteiger partial charge is 0.396 e. The third-order valence-corrected chi connectivity index (χ3v) is 2.41. The minimum absolute atomic E-state index is 0.000985. The van der Waals surface area contributed by atoms with Gasteiger partial charge in [-0.25, -0.2) is 13.6 Å². The maximum absolute atomic E-state index is 13.0. The Balaban J connectivity index is 2.51. The number of rotatable bonds is 5. The van der Waals surface area contributed by atoms with Crippen LogP contribution in [0.4, 0.5) is 13.6 Å². The number of benzene rings is 1. The summed E-state index contributed by atoms with van der Waals surface area (Å²) in [5.41, 5.74) is 0.478. The Morgan fingerprint density at radius 2 is 2.11 bits per heavy atom. The summed E-state index contributed by atoms with van der Waals surface area (Å²) in [6.45, 7) is 2.02. The molecule has 0 saturated heterocycles. The number of hydrogen-bond donors (Lipinski definition) is 3. The average Bonchev–Trinajstić information content (AvgIpc) is 2.33. The summed E-state index contributed by atoms with van der Waals surface area (Å²) in [5, 5.41) is 13.7. The lowest BCUT2D eigenvalue weighted by molar-refractivity contribution is 0.235. The van der Waals surface area contributed by atoms with Crippen LogP contribution in [0, 0.1) is 11.6 Å². The van der Waals surface area contributed by atoms with Gasteiger partial charge in [0.2, 0.25) is 0 Å². The number of nitrogens with one attached hydrogen (secondary N) is 2. The Morgan fingerprint density at radius 1 is 1.39 bits per heavy atom. The van der Waals surface area contributed by atoms with E-state index in [4.69, 9.17) is 5.11 Å². The topological polar surface area (TPSA) is 61.4 Å². The first-order chi connectivity index (χ1) is 8.54. The predicted octanol–water partition coefficient (Wildman–Crippen LogP) is 1.71. The number of carbonyl (C=O) groups is 1. The minimum atomic E-state index is -0.943. The zero-order chi connectivity index (χ0) is 13.5. The molecule has 1 aromatic rings. The molecule has 0 radical (unpaired) electrons. The molecule has 0 aliphatic heterocycles. The maximum atomic E-state index is 13.0. The molecule has 0 heterocycles. The van der Waals surface area contributed by atoms with Gasteiger partial charge in [-0.05, 0) is 31.0 Å². The second-order valence-electron chi connectivity index (χ2n) is 3.87. The van der Waals surface area contributed by atoms with Gasteiger partial charge in [-0.3, -0.25) is 0 Å². The molecular weight excluding hydrogens is 242 g/mol. The Morgan fingerprint density at radius 3 is 2.72 bits per heavy atom. The first kappa shape index (κ1) is 14.4. The molecule has 0 spiro atoms. The van der Waals surface area contributed by atoms with Gasteiger partial charge in [0.25, 0.3) is 0 Å². The van der Waals surface area contributed by atoms with Crippen molar-refractivity contribution in [1.29, 1.82) is 0 Å². The molecule has 2 amide bonds. The monoisotopic (exact) mass is 258 g/mol. The first-order valence-electron chi connectivity index (χ1n) is 5.64. The van der Waals surface area contributed by atoms with E-state index in [-0.39, 0.29) is 6.61 Å². The van der Waals surface area contributed by atoms with Gasteiger partial charge in [0.15, 0.2) is 11.6 Å². The lowest BCUT2D eigenvalue weighted by Crippen LogP contribution is -2.37. The van der Waals surface area contributed by atoms with Crippen LogP contribution in [0.1, 0.15) is 24.9 Å². The Kier molecular flexibility index (Phi) is 5.51. The van der Waals surface area contributed by atoms with E-state index in [1.54, 1.807) is 6.92 Å². The van der Waals surface area contributed by atoms with E-state index >= 15 is 0 Å². The fourth-order valence-corrected chi connectivity index (χ4v) is 1.39. The van der Waals surface area contributed by atoms with E-state index in [9.17, 15) is 13.6 Å². The van der Waals surface area contributed by atoms with Gasteiger partial charge in [0.05, 0.1) is 6.04 Å². The van der Waals surface area contributed by atoms with Crippen LogP contribution >= 0.6 is 0 Å². The minimum Gasteiger partial charge on any atom is -0.396 e. The number of halogens is 2. The Hall–Kier alpha value is -1.69. The second-order valence-corrected chi connectivity index (χ2v) is 3.87. The molecule has 0 bridgehead atoms. The van der Waals surface area contributed by atoms with Crippen LogP contribution in [0.3, 0.4) is 0 Å². The number of aliphatic hydroxyl groups is 1. The van der Waals surface area contributed by atoms with Gasteiger partial charge in [-0.15, -0.1) is 0 Å². The number of amides is 2. The zero-order valence-electron chi connectivity index (χ0n) is 10.0. The zero-order valence-corrected chi connectivity index (χ0v) is 10.0. The molecule has 0 aromatic heterocycles. The quantitative estimate of drug-likeness (QED) is 0.704. The highest BCUT2D eigenvalue weighted by Gasteiger charge is 2.11. The SMILES string of the molecule is CC(NC(=O)NCCCO)c1ccc(F)c(F)c1. The van der Waals surface area contributed by atoms with Crippen molar-refractivity contribution in [3.8, 4) is 0 Å². The maximum Gasteiger partial charge on any atom is 0.315 e. The standard InChI is InChI=1S/C12H16F2N2O2/c1-8(16-12(18)15-5-2-6-17)9-3-4-10(13)11(14)7-9/h3-4,7-8,17H,2,5-6H2,1H3,(H2,15,16,18). The lowest BCUT2D eigenvalue weighted by Gasteiger charge is -2.15. The summed E-state index contributed by atoms with van der Waals surface area (Å²) in [5.74, 6) is -1.86. The number of aliphatic hydroxyl groups excluding tert-OH is 1. The molecule has 0 saturated carbocycles. The van der Waals surface area contributed by atoms with Gasteiger partial charge in [0, 0.05) is 13.2 Å². The van der Waals surface area contributed by atoms with Crippen molar-refractivity contribution in [2.75, 3.05) is 13.2 Å².